The first-order valence-corrected chi connectivity index (χ1v) is 6.60. The number of hydrogen-bond acceptors (Lipinski definition) is 3. The first kappa shape index (κ1) is 14.9. The van der Waals surface area contributed by atoms with Crippen molar-refractivity contribution >= 4 is 22.9 Å². The molecule has 2 unspecified atom stereocenters. The van der Waals surface area contributed by atoms with E-state index < -0.39 is 11.9 Å². The van der Waals surface area contributed by atoms with E-state index in [0.717, 1.165) is 10.6 Å². The molecule has 2 aromatic heterocycles. The standard InChI is InChI=1S/C12H14ClF3N4/c1-7(6-13)8(2)18-11-9-5-10(12(14,15)16)19-20(9)4-3-17-11/h3-5,7-8H,6H2,1-2H3,(H,17,18). The van der Waals surface area contributed by atoms with Gasteiger partial charge in [-0.3, -0.25) is 0 Å². The van der Waals surface area contributed by atoms with Gasteiger partial charge < -0.3 is 5.32 Å². The van der Waals surface area contributed by atoms with Crippen molar-refractivity contribution in [1.82, 2.24) is 14.6 Å². The Morgan fingerprint density at radius 3 is 2.70 bits per heavy atom. The summed E-state index contributed by atoms with van der Waals surface area (Å²) in [6.07, 6.45) is -1.69. The van der Waals surface area contributed by atoms with E-state index in [0.29, 0.717) is 11.7 Å². The minimum atomic E-state index is -4.47. The molecule has 0 bridgehead atoms. The number of alkyl halides is 4. The summed E-state index contributed by atoms with van der Waals surface area (Å²) in [5, 5.41) is 6.58. The van der Waals surface area contributed by atoms with E-state index in [1.54, 1.807) is 0 Å². The zero-order valence-corrected chi connectivity index (χ0v) is 11.7. The Bertz CT molecular complexity index is 596. The molecular formula is C12H14ClF3N4. The maximum atomic E-state index is 12.7. The fourth-order valence-electron chi connectivity index (χ4n) is 1.66. The van der Waals surface area contributed by atoms with Crippen molar-refractivity contribution in [3.05, 3.63) is 24.2 Å². The molecule has 0 saturated carbocycles. The van der Waals surface area contributed by atoms with Gasteiger partial charge in [0.1, 0.15) is 5.52 Å². The molecule has 2 aromatic rings. The van der Waals surface area contributed by atoms with E-state index in [-0.39, 0.29) is 17.5 Å². The number of fused-ring (bicyclic) bond motifs is 1. The number of hydrogen-bond donors (Lipinski definition) is 1. The van der Waals surface area contributed by atoms with Gasteiger partial charge >= 0.3 is 6.18 Å². The molecule has 1 N–H and O–H groups in total. The smallest absolute Gasteiger partial charge is 0.366 e. The highest BCUT2D eigenvalue weighted by molar-refractivity contribution is 6.18. The Morgan fingerprint density at radius 2 is 2.10 bits per heavy atom. The van der Waals surface area contributed by atoms with Gasteiger partial charge in [0.25, 0.3) is 0 Å². The van der Waals surface area contributed by atoms with Crippen LogP contribution in [-0.2, 0) is 6.18 Å². The van der Waals surface area contributed by atoms with Gasteiger partial charge in [-0.25, -0.2) is 9.50 Å². The van der Waals surface area contributed by atoms with Gasteiger partial charge in [-0.1, -0.05) is 6.92 Å². The van der Waals surface area contributed by atoms with Crippen LogP contribution < -0.4 is 5.32 Å². The van der Waals surface area contributed by atoms with E-state index in [2.05, 4.69) is 15.4 Å². The van der Waals surface area contributed by atoms with E-state index >= 15 is 0 Å². The highest BCUT2D eigenvalue weighted by atomic mass is 35.5. The number of halogens is 4. The molecule has 0 saturated heterocycles. The summed E-state index contributed by atoms with van der Waals surface area (Å²) in [6.45, 7) is 3.85. The normalized spacial score (nSPS) is 15.3. The Kier molecular flexibility index (Phi) is 4.08. The second-order valence-electron chi connectivity index (χ2n) is 4.70. The maximum Gasteiger partial charge on any atom is 0.435 e. The lowest BCUT2D eigenvalue weighted by atomic mass is 10.1. The molecule has 0 spiro atoms. The first-order chi connectivity index (χ1) is 9.32. The van der Waals surface area contributed by atoms with Crippen LogP contribution in [0.15, 0.2) is 18.5 Å². The molecular weight excluding hydrogens is 293 g/mol. The molecule has 0 aromatic carbocycles. The van der Waals surface area contributed by atoms with Crippen LogP contribution in [0.2, 0.25) is 0 Å². The molecule has 110 valence electrons. The highest BCUT2D eigenvalue weighted by Gasteiger charge is 2.34. The van der Waals surface area contributed by atoms with Gasteiger partial charge in [0, 0.05) is 30.4 Å². The van der Waals surface area contributed by atoms with Crippen LogP contribution in [0.4, 0.5) is 19.0 Å². The van der Waals surface area contributed by atoms with Crippen molar-refractivity contribution in [2.75, 3.05) is 11.2 Å². The average molecular weight is 307 g/mol. The zero-order valence-electron chi connectivity index (χ0n) is 10.9. The molecule has 0 aliphatic rings. The molecule has 0 aliphatic heterocycles. The molecule has 2 heterocycles. The maximum absolute atomic E-state index is 12.7. The summed E-state index contributed by atoms with van der Waals surface area (Å²) < 4.78 is 39.2. The number of aromatic nitrogens is 3. The lowest BCUT2D eigenvalue weighted by molar-refractivity contribution is -0.141. The molecule has 2 atom stereocenters. The molecule has 0 fully saturated rings. The van der Waals surface area contributed by atoms with Crippen LogP contribution in [0.1, 0.15) is 19.5 Å². The summed E-state index contributed by atoms with van der Waals surface area (Å²) in [5.41, 5.74) is -0.653. The van der Waals surface area contributed by atoms with Crippen molar-refractivity contribution in [3.8, 4) is 0 Å². The van der Waals surface area contributed by atoms with Crippen molar-refractivity contribution in [3.63, 3.8) is 0 Å². The van der Waals surface area contributed by atoms with Crippen molar-refractivity contribution in [1.29, 1.82) is 0 Å². The SMILES string of the molecule is CC(CCl)C(C)Nc1nccn2nc(C(F)(F)F)cc12. The summed E-state index contributed by atoms with van der Waals surface area (Å²) in [7, 11) is 0. The summed E-state index contributed by atoms with van der Waals surface area (Å²) in [5.74, 6) is 0.966. The third-order valence-corrected chi connectivity index (χ3v) is 3.63. The Morgan fingerprint density at radius 1 is 1.40 bits per heavy atom. The second-order valence-corrected chi connectivity index (χ2v) is 5.01. The van der Waals surface area contributed by atoms with E-state index in [1.807, 2.05) is 13.8 Å². The van der Waals surface area contributed by atoms with E-state index in [9.17, 15) is 13.2 Å². The molecule has 4 nitrogen and oxygen atoms in total. The summed E-state index contributed by atoms with van der Waals surface area (Å²) in [6, 6.07) is 0.961. The van der Waals surface area contributed by atoms with Crippen LogP contribution in [0.5, 0.6) is 0 Å². The van der Waals surface area contributed by atoms with E-state index in [1.165, 1.54) is 12.4 Å². The van der Waals surface area contributed by atoms with E-state index in [4.69, 9.17) is 11.6 Å². The summed E-state index contributed by atoms with van der Waals surface area (Å²) in [4.78, 5) is 4.08. The molecule has 0 aliphatic carbocycles. The number of anilines is 1. The quantitative estimate of drug-likeness (QED) is 0.880. The minimum absolute atomic E-state index is 0.0181. The predicted molar refractivity (Wildman–Crippen MR) is 71.0 cm³/mol. The predicted octanol–water partition coefficient (Wildman–Crippen LogP) is 3.42. The average Bonchev–Trinajstić information content (AvgIpc) is 2.82. The third-order valence-electron chi connectivity index (χ3n) is 3.14. The minimum Gasteiger partial charge on any atom is -0.366 e. The molecule has 8 heteroatoms. The largest absolute Gasteiger partial charge is 0.435 e. The number of rotatable bonds is 4. The topological polar surface area (TPSA) is 42.2 Å². The fraction of sp³-hybridized carbons (Fsp3) is 0.500. The van der Waals surface area contributed by atoms with Gasteiger partial charge in [-0.05, 0) is 12.8 Å². The first-order valence-electron chi connectivity index (χ1n) is 6.07. The van der Waals surface area contributed by atoms with Crippen LogP contribution in [-0.4, -0.2) is 26.5 Å². The molecule has 20 heavy (non-hydrogen) atoms. The lowest BCUT2D eigenvalue weighted by Gasteiger charge is -2.19. The second kappa shape index (κ2) is 5.47. The Hall–Kier alpha value is -1.50. The van der Waals surface area contributed by atoms with Crippen LogP contribution in [0.25, 0.3) is 5.52 Å². The zero-order chi connectivity index (χ0) is 14.9. The van der Waals surface area contributed by atoms with Crippen LogP contribution in [0, 0.1) is 5.92 Å². The Balaban J connectivity index is 2.37. The van der Waals surface area contributed by atoms with Gasteiger partial charge in [-0.2, -0.15) is 18.3 Å². The Labute approximate surface area is 118 Å². The van der Waals surface area contributed by atoms with Crippen LogP contribution in [0.3, 0.4) is 0 Å². The van der Waals surface area contributed by atoms with Crippen molar-refractivity contribution in [2.24, 2.45) is 5.92 Å². The third kappa shape index (κ3) is 2.98. The highest BCUT2D eigenvalue weighted by Crippen LogP contribution is 2.30. The van der Waals surface area contributed by atoms with Gasteiger partial charge in [0.2, 0.25) is 0 Å². The van der Waals surface area contributed by atoms with Crippen molar-refractivity contribution in [2.45, 2.75) is 26.1 Å². The van der Waals surface area contributed by atoms with Gasteiger partial charge in [0.15, 0.2) is 11.5 Å². The fourth-order valence-corrected chi connectivity index (χ4v) is 1.93. The van der Waals surface area contributed by atoms with Crippen molar-refractivity contribution < 1.29 is 13.2 Å². The van der Waals surface area contributed by atoms with Crippen LogP contribution >= 0.6 is 11.6 Å². The summed E-state index contributed by atoms with van der Waals surface area (Å²) >= 11 is 5.77. The van der Waals surface area contributed by atoms with Gasteiger partial charge in [-0.15, -0.1) is 11.6 Å². The molecule has 2 rings (SSSR count). The lowest BCUT2D eigenvalue weighted by Crippen LogP contribution is -2.25. The molecule has 0 radical (unpaired) electrons. The molecule has 0 amide bonds. The number of nitrogens with zero attached hydrogens (tertiary/aromatic N) is 3. The number of nitrogens with one attached hydrogen (secondary N) is 1. The monoisotopic (exact) mass is 306 g/mol. The van der Waals surface area contributed by atoms with Gasteiger partial charge in [0.05, 0.1) is 0 Å².